The molecule has 0 fully saturated rings. The van der Waals surface area contributed by atoms with Crippen LogP contribution in [0.2, 0.25) is 0 Å². The van der Waals surface area contributed by atoms with Crippen molar-refractivity contribution in [2.75, 3.05) is 6.26 Å². The summed E-state index contributed by atoms with van der Waals surface area (Å²) in [6, 6.07) is 7.24. The highest BCUT2D eigenvalue weighted by atomic mass is 32.2. The highest BCUT2D eigenvalue weighted by Crippen LogP contribution is 2.25. The van der Waals surface area contributed by atoms with Crippen molar-refractivity contribution < 1.29 is 27.3 Å². The molecule has 0 aliphatic heterocycles. The first kappa shape index (κ1) is 18.1. The second kappa shape index (κ2) is 6.70. The van der Waals surface area contributed by atoms with Gasteiger partial charge in [-0.25, -0.2) is 18.3 Å². The number of nitrogens with one attached hydrogen (secondary N) is 1. The lowest BCUT2D eigenvalue weighted by Crippen LogP contribution is -2.49. The van der Waals surface area contributed by atoms with Crippen molar-refractivity contribution in [2.45, 2.75) is 24.5 Å². The maximum atomic E-state index is 12.9. The van der Waals surface area contributed by atoms with Gasteiger partial charge in [-0.2, -0.15) is 0 Å². The molecule has 0 radical (unpaired) electrons. The molecule has 0 saturated heterocycles. The Bertz CT molecular complexity index is 832. The van der Waals surface area contributed by atoms with Crippen molar-refractivity contribution >= 4 is 15.7 Å². The van der Waals surface area contributed by atoms with E-state index in [1.165, 1.54) is 36.7 Å². The van der Waals surface area contributed by atoms with Gasteiger partial charge in [0, 0.05) is 24.3 Å². The van der Waals surface area contributed by atoms with Gasteiger partial charge in [-0.3, -0.25) is 10.0 Å². The Kier molecular flexibility index (Phi) is 5.05. The van der Waals surface area contributed by atoms with Crippen LogP contribution in [0.3, 0.4) is 0 Å². The Balaban J connectivity index is 2.17. The number of carbonyl (C=O) groups excluding carboxylic acids is 1. The summed E-state index contributed by atoms with van der Waals surface area (Å²) >= 11 is 0. The van der Waals surface area contributed by atoms with Gasteiger partial charge in [0.1, 0.15) is 22.0 Å². The summed E-state index contributed by atoms with van der Waals surface area (Å²) in [6.07, 6.45) is 0.939. The predicted molar refractivity (Wildman–Crippen MR) is 83.4 cm³/mol. The number of hydrogen-bond acceptors (Lipinski definition) is 6. The van der Waals surface area contributed by atoms with E-state index in [0.29, 0.717) is 17.0 Å². The number of halogens is 1. The largest absolute Gasteiger partial charge is 0.361 e. The number of rotatable bonds is 6. The summed E-state index contributed by atoms with van der Waals surface area (Å²) in [5, 5.41) is 12.6. The highest BCUT2D eigenvalue weighted by Gasteiger charge is 2.43. The van der Waals surface area contributed by atoms with E-state index in [1.807, 2.05) is 0 Å². The van der Waals surface area contributed by atoms with Crippen LogP contribution >= 0.6 is 0 Å². The van der Waals surface area contributed by atoms with E-state index in [9.17, 15) is 17.6 Å². The van der Waals surface area contributed by atoms with Crippen LogP contribution in [0.25, 0.3) is 11.3 Å². The van der Waals surface area contributed by atoms with Crippen LogP contribution in [0.5, 0.6) is 0 Å². The molecule has 1 heterocycles. The molecule has 7 nitrogen and oxygen atoms in total. The molecule has 0 bridgehead atoms. The Morgan fingerprint density at radius 1 is 1.38 bits per heavy atom. The lowest BCUT2D eigenvalue weighted by atomic mass is 10.0. The van der Waals surface area contributed by atoms with Gasteiger partial charge in [-0.1, -0.05) is 5.16 Å². The van der Waals surface area contributed by atoms with Crippen molar-refractivity contribution in [3.8, 4) is 11.3 Å². The van der Waals surface area contributed by atoms with Crippen molar-refractivity contribution in [3.05, 3.63) is 41.9 Å². The molecular formula is C15H17FN2O5S. The third-order valence-electron chi connectivity index (χ3n) is 3.95. The number of sulfone groups is 1. The molecule has 0 aliphatic carbocycles. The monoisotopic (exact) mass is 356 g/mol. The van der Waals surface area contributed by atoms with E-state index in [2.05, 4.69) is 5.16 Å². The molecule has 1 aromatic heterocycles. The first-order valence-corrected chi connectivity index (χ1v) is 8.92. The maximum Gasteiger partial charge on any atom is 0.264 e. The minimum Gasteiger partial charge on any atom is -0.361 e. The molecule has 0 spiro atoms. The molecule has 1 amide bonds. The molecule has 1 unspecified atom stereocenters. The van der Waals surface area contributed by atoms with Gasteiger partial charge in [0.25, 0.3) is 5.91 Å². The Morgan fingerprint density at radius 3 is 2.54 bits per heavy atom. The van der Waals surface area contributed by atoms with Crippen molar-refractivity contribution in [3.63, 3.8) is 0 Å². The smallest absolute Gasteiger partial charge is 0.264 e. The van der Waals surface area contributed by atoms with Crippen molar-refractivity contribution in [1.29, 1.82) is 0 Å². The highest BCUT2D eigenvalue weighted by molar-refractivity contribution is 7.92. The molecule has 1 atom stereocenters. The van der Waals surface area contributed by atoms with E-state index in [0.717, 1.165) is 6.26 Å². The SMILES string of the molecule is CC(CCc1cc(-c2ccc(F)cc2)no1)(C(=O)NO)S(C)(=O)=O. The third-order valence-corrected chi connectivity index (χ3v) is 5.97. The van der Waals surface area contributed by atoms with Crippen LogP contribution < -0.4 is 5.48 Å². The molecule has 24 heavy (non-hydrogen) atoms. The summed E-state index contributed by atoms with van der Waals surface area (Å²) < 4.78 is 40.0. The van der Waals surface area contributed by atoms with Crippen LogP contribution in [-0.4, -0.2) is 35.7 Å². The van der Waals surface area contributed by atoms with Gasteiger partial charge in [0.2, 0.25) is 0 Å². The molecule has 0 aliphatic rings. The summed E-state index contributed by atoms with van der Waals surface area (Å²) in [6.45, 7) is 1.23. The van der Waals surface area contributed by atoms with E-state index in [1.54, 1.807) is 6.07 Å². The molecule has 1 aromatic carbocycles. The maximum absolute atomic E-state index is 12.9. The first-order chi connectivity index (χ1) is 11.2. The standard InChI is InChI=1S/C15H17FN2O5S/c1-15(14(19)17-20,24(2,21)22)8-7-12-9-13(18-23-12)10-3-5-11(16)6-4-10/h3-6,9,20H,7-8H2,1-2H3,(H,17,19). The number of carbonyl (C=O) groups is 1. The molecule has 2 aromatic rings. The Hall–Kier alpha value is -2.26. The summed E-state index contributed by atoms with van der Waals surface area (Å²) in [7, 11) is -3.77. The van der Waals surface area contributed by atoms with Gasteiger partial charge in [-0.15, -0.1) is 0 Å². The Morgan fingerprint density at radius 2 is 2.00 bits per heavy atom. The number of aryl methyl sites for hydroxylation is 1. The number of aromatic nitrogens is 1. The second-order valence-electron chi connectivity index (χ2n) is 5.63. The average molecular weight is 356 g/mol. The number of hydrogen-bond donors (Lipinski definition) is 2. The minimum absolute atomic E-state index is 0.101. The first-order valence-electron chi connectivity index (χ1n) is 7.03. The fraction of sp³-hybridized carbons (Fsp3) is 0.333. The zero-order valence-corrected chi connectivity index (χ0v) is 13.9. The van der Waals surface area contributed by atoms with Crippen LogP contribution in [-0.2, 0) is 21.1 Å². The Labute approximate surface area is 138 Å². The molecule has 9 heteroatoms. The average Bonchev–Trinajstić information content (AvgIpc) is 3.00. The zero-order valence-electron chi connectivity index (χ0n) is 13.1. The van der Waals surface area contributed by atoms with Gasteiger partial charge >= 0.3 is 0 Å². The summed E-state index contributed by atoms with van der Waals surface area (Å²) in [5.41, 5.74) is 2.50. The van der Waals surface area contributed by atoms with Crippen molar-refractivity contribution in [2.24, 2.45) is 0 Å². The third kappa shape index (κ3) is 3.62. The van der Waals surface area contributed by atoms with Crippen LogP contribution in [0, 0.1) is 5.82 Å². The summed E-state index contributed by atoms with van der Waals surface area (Å²) in [4.78, 5) is 11.7. The molecule has 2 N–H and O–H groups in total. The molecule has 130 valence electrons. The van der Waals surface area contributed by atoms with Crippen molar-refractivity contribution in [1.82, 2.24) is 10.6 Å². The molecule has 0 saturated carbocycles. The number of nitrogens with zero attached hydrogens (tertiary/aromatic N) is 1. The van der Waals surface area contributed by atoms with Gasteiger partial charge in [0.05, 0.1) is 0 Å². The molecule has 2 rings (SSSR count). The quantitative estimate of drug-likeness (QED) is 0.602. The molecular weight excluding hydrogens is 339 g/mol. The normalized spacial score (nSPS) is 14.2. The van der Waals surface area contributed by atoms with Gasteiger partial charge < -0.3 is 4.52 Å². The van der Waals surface area contributed by atoms with E-state index in [4.69, 9.17) is 9.73 Å². The number of hydroxylamine groups is 1. The van der Waals surface area contributed by atoms with Crippen LogP contribution in [0.15, 0.2) is 34.9 Å². The second-order valence-corrected chi connectivity index (χ2v) is 8.07. The van der Waals surface area contributed by atoms with Crippen LogP contribution in [0.4, 0.5) is 4.39 Å². The van der Waals surface area contributed by atoms with Gasteiger partial charge in [-0.05, 0) is 37.6 Å². The topological polar surface area (TPSA) is 110 Å². The van der Waals surface area contributed by atoms with E-state index in [-0.39, 0.29) is 18.7 Å². The minimum atomic E-state index is -3.77. The fourth-order valence-corrected chi connectivity index (χ4v) is 2.99. The lowest BCUT2D eigenvalue weighted by molar-refractivity contribution is -0.131. The van der Waals surface area contributed by atoms with Crippen LogP contribution in [0.1, 0.15) is 19.1 Å². The van der Waals surface area contributed by atoms with E-state index >= 15 is 0 Å². The summed E-state index contributed by atoms with van der Waals surface area (Å²) in [5.74, 6) is -1.01. The predicted octanol–water partition coefficient (Wildman–Crippen LogP) is 1.72. The van der Waals surface area contributed by atoms with E-state index < -0.39 is 20.5 Å². The zero-order chi connectivity index (χ0) is 18.0. The number of amides is 1. The fourth-order valence-electron chi connectivity index (χ4n) is 2.13. The number of benzene rings is 1. The van der Waals surface area contributed by atoms with Gasteiger partial charge in [0.15, 0.2) is 9.84 Å². The lowest BCUT2D eigenvalue weighted by Gasteiger charge is -2.24.